The van der Waals surface area contributed by atoms with Gasteiger partial charge in [-0.3, -0.25) is 10.2 Å². The number of amides is 1. The molecule has 0 radical (unpaired) electrons. The molecule has 2 N–H and O–H groups in total. The van der Waals surface area contributed by atoms with E-state index in [0.29, 0.717) is 24.0 Å². The van der Waals surface area contributed by atoms with E-state index >= 15 is 0 Å². The fourth-order valence-electron chi connectivity index (χ4n) is 3.78. The number of aldehydes is 1. The van der Waals surface area contributed by atoms with Crippen molar-refractivity contribution in [3.63, 3.8) is 0 Å². The third-order valence-electron chi connectivity index (χ3n) is 5.44. The SMILES string of the molecule is CNC1(CC=O)CN(c2ccc(-c3cccc(C(F)(F)F)c3)cc2)CCN1C(=O)O. The predicted molar refractivity (Wildman–Crippen MR) is 106 cm³/mol. The fraction of sp³-hybridized carbons (Fsp3) is 0.333. The number of carbonyl (C=O) groups is 2. The molecule has 6 nitrogen and oxygen atoms in total. The van der Waals surface area contributed by atoms with Gasteiger partial charge in [-0.15, -0.1) is 0 Å². The second-order valence-corrected chi connectivity index (χ2v) is 7.13. The third-order valence-corrected chi connectivity index (χ3v) is 5.44. The summed E-state index contributed by atoms with van der Waals surface area (Å²) in [6, 6.07) is 12.2. The molecule has 0 aliphatic carbocycles. The number of rotatable bonds is 5. The molecule has 2 aromatic rings. The molecule has 3 rings (SSSR count). The largest absolute Gasteiger partial charge is 0.465 e. The maximum absolute atomic E-state index is 13.0. The summed E-state index contributed by atoms with van der Waals surface area (Å²) in [5.41, 5.74) is 0.133. The Morgan fingerprint density at radius 2 is 1.87 bits per heavy atom. The number of likely N-dealkylation sites (N-methyl/N-ethyl adjacent to an activating group) is 1. The molecule has 1 heterocycles. The zero-order valence-corrected chi connectivity index (χ0v) is 16.3. The fourth-order valence-corrected chi connectivity index (χ4v) is 3.78. The standard InChI is InChI=1S/C21H22F3N3O3/c1-25-20(9-12-28)14-26(10-11-27(20)19(29)30)18-7-5-15(6-8-18)16-3-2-4-17(13-16)21(22,23)24/h2-8,12-13,25H,9-11,14H2,1H3,(H,29,30). The van der Waals surface area contributed by atoms with Gasteiger partial charge < -0.3 is 14.8 Å². The maximum atomic E-state index is 13.0. The van der Waals surface area contributed by atoms with E-state index in [1.165, 1.54) is 11.0 Å². The van der Waals surface area contributed by atoms with Crippen molar-refractivity contribution in [1.29, 1.82) is 0 Å². The second-order valence-electron chi connectivity index (χ2n) is 7.13. The molecule has 1 saturated heterocycles. The number of hydrogen-bond acceptors (Lipinski definition) is 4. The van der Waals surface area contributed by atoms with Gasteiger partial charge in [0.15, 0.2) is 0 Å². The van der Waals surface area contributed by atoms with Gasteiger partial charge in [0.05, 0.1) is 12.1 Å². The number of alkyl halides is 3. The minimum atomic E-state index is -4.41. The summed E-state index contributed by atoms with van der Waals surface area (Å²) in [4.78, 5) is 26.0. The van der Waals surface area contributed by atoms with E-state index in [9.17, 15) is 27.9 Å². The van der Waals surface area contributed by atoms with E-state index in [-0.39, 0.29) is 19.5 Å². The zero-order valence-electron chi connectivity index (χ0n) is 16.3. The first kappa shape index (κ1) is 21.6. The summed E-state index contributed by atoms with van der Waals surface area (Å²) in [6.45, 7) is 0.897. The molecule has 1 amide bonds. The Hall–Kier alpha value is -3.07. The van der Waals surface area contributed by atoms with Crippen molar-refractivity contribution in [3.05, 3.63) is 54.1 Å². The van der Waals surface area contributed by atoms with Crippen molar-refractivity contribution in [2.24, 2.45) is 0 Å². The molecular weight excluding hydrogens is 399 g/mol. The number of carboxylic acid groups (broad SMARTS) is 1. The topological polar surface area (TPSA) is 72.9 Å². The first-order chi connectivity index (χ1) is 14.2. The smallest absolute Gasteiger partial charge is 0.416 e. The van der Waals surface area contributed by atoms with E-state index in [2.05, 4.69) is 5.32 Å². The van der Waals surface area contributed by atoms with Gasteiger partial charge in [-0.25, -0.2) is 4.79 Å². The molecule has 160 valence electrons. The zero-order chi connectivity index (χ0) is 21.9. The van der Waals surface area contributed by atoms with Gasteiger partial charge in [-0.2, -0.15) is 13.2 Å². The van der Waals surface area contributed by atoms with Crippen LogP contribution in [0.15, 0.2) is 48.5 Å². The first-order valence-corrected chi connectivity index (χ1v) is 9.36. The molecule has 2 aromatic carbocycles. The summed E-state index contributed by atoms with van der Waals surface area (Å²) in [7, 11) is 1.61. The van der Waals surface area contributed by atoms with E-state index in [0.717, 1.165) is 17.8 Å². The number of halogens is 3. The van der Waals surface area contributed by atoms with Crippen LogP contribution in [0.2, 0.25) is 0 Å². The van der Waals surface area contributed by atoms with Crippen molar-refractivity contribution < 1.29 is 27.9 Å². The van der Waals surface area contributed by atoms with Crippen LogP contribution in [0.3, 0.4) is 0 Å². The lowest BCUT2D eigenvalue weighted by Crippen LogP contribution is -2.69. The van der Waals surface area contributed by atoms with Gasteiger partial charge in [0.25, 0.3) is 0 Å². The molecule has 9 heteroatoms. The third kappa shape index (κ3) is 4.25. The van der Waals surface area contributed by atoms with Crippen molar-refractivity contribution in [2.75, 3.05) is 31.6 Å². The van der Waals surface area contributed by atoms with Gasteiger partial charge in [0.1, 0.15) is 11.9 Å². The summed E-state index contributed by atoms with van der Waals surface area (Å²) in [5.74, 6) is 0. The predicted octanol–water partition coefficient (Wildman–Crippen LogP) is 3.68. The highest BCUT2D eigenvalue weighted by atomic mass is 19.4. The molecule has 1 fully saturated rings. The number of benzene rings is 2. The summed E-state index contributed by atoms with van der Waals surface area (Å²) >= 11 is 0. The molecule has 1 atom stereocenters. The molecule has 0 saturated carbocycles. The Kier molecular flexibility index (Phi) is 6.02. The van der Waals surface area contributed by atoms with Gasteiger partial charge >= 0.3 is 12.3 Å². The van der Waals surface area contributed by atoms with E-state index < -0.39 is 23.5 Å². The lowest BCUT2D eigenvalue weighted by atomic mass is 9.99. The average Bonchev–Trinajstić information content (AvgIpc) is 2.73. The Balaban J connectivity index is 1.84. The van der Waals surface area contributed by atoms with E-state index in [1.807, 2.05) is 4.90 Å². The van der Waals surface area contributed by atoms with Crippen molar-refractivity contribution in [1.82, 2.24) is 10.2 Å². The van der Waals surface area contributed by atoms with Crippen LogP contribution in [0.5, 0.6) is 0 Å². The normalized spacial score (nSPS) is 19.6. The van der Waals surface area contributed by atoms with Crippen molar-refractivity contribution in [2.45, 2.75) is 18.3 Å². The van der Waals surface area contributed by atoms with Gasteiger partial charge in [0.2, 0.25) is 0 Å². The minimum absolute atomic E-state index is 0.00534. The quantitative estimate of drug-likeness (QED) is 0.721. The van der Waals surface area contributed by atoms with Crippen LogP contribution >= 0.6 is 0 Å². The highest BCUT2D eigenvalue weighted by Gasteiger charge is 2.43. The second kappa shape index (κ2) is 8.35. The molecular formula is C21H22F3N3O3. The summed E-state index contributed by atoms with van der Waals surface area (Å²) < 4.78 is 38.9. The van der Waals surface area contributed by atoms with Crippen LogP contribution in [0.4, 0.5) is 23.7 Å². The molecule has 0 aromatic heterocycles. The van der Waals surface area contributed by atoms with Crippen LogP contribution in [-0.2, 0) is 11.0 Å². The lowest BCUT2D eigenvalue weighted by Gasteiger charge is -2.49. The summed E-state index contributed by atoms with van der Waals surface area (Å²) in [5, 5.41) is 12.5. The highest BCUT2D eigenvalue weighted by Crippen LogP contribution is 2.33. The molecule has 1 unspecified atom stereocenters. The Morgan fingerprint density at radius 3 is 2.43 bits per heavy atom. The van der Waals surface area contributed by atoms with Crippen molar-refractivity contribution >= 4 is 18.1 Å². The molecule has 0 spiro atoms. The van der Waals surface area contributed by atoms with Gasteiger partial charge in [-0.05, 0) is 42.4 Å². The number of carbonyl (C=O) groups excluding carboxylic acids is 1. The van der Waals surface area contributed by atoms with Crippen LogP contribution < -0.4 is 10.2 Å². The van der Waals surface area contributed by atoms with Crippen LogP contribution in [0.1, 0.15) is 12.0 Å². The van der Waals surface area contributed by atoms with Gasteiger partial charge in [-0.1, -0.05) is 24.3 Å². The Labute approximate surface area is 171 Å². The van der Waals surface area contributed by atoms with E-state index in [1.54, 1.807) is 37.4 Å². The van der Waals surface area contributed by atoms with Crippen LogP contribution in [0.25, 0.3) is 11.1 Å². The number of nitrogens with zero attached hydrogens (tertiary/aromatic N) is 2. The first-order valence-electron chi connectivity index (χ1n) is 9.36. The van der Waals surface area contributed by atoms with Crippen LogP contribution in [0, 0.1) is 0 Å². The lowest BCUT2D eigenvalue weighted by molar-refractivity contribution is -0.137. The number of hydrogen-bond donors (Lipinski definition) is 2. The molecule has 1 aliphatic heterocycles. The number of piperazine rings is 1. The highest BCUT2D eigenvalue weighted by molar-refractivity contribution is 5.70. The molecule has 30 heavy (non-hydrogen) atoms. The van der Waals surface area contributed by atoms with Crippen molar-refractivity contribution in [3.8, 4) is 11.1 Å². The number of nitrogens with one attached hydrogen (secondary N) is 1. The monoisotopic (exact) mass is 421 g/mol. The molecule has 0 bridgehead atoms. The van der Waals surface area contributed by atoms with Crippen LogP contribution in [-0.4, -0.2) is 54.7 Å². The Morgan fingerprint density at radius 1 is 1.17 bits per heavy atom. The molecule has 1 aliphatic rings. The summed E-state index contributed by atoms with van der Waals surface area (Å²) in [6.07, 6.45) is -4.83. The average molecular weight is 421 g/mol. The number of anilines is 1. The van der Waals surface area contributed by atoms with Gasteiger partial charge in [0, 0.05) is 25.2 Å². The Bertz CT molecular complexity index is 918. The minimum Gasteiger partial charge on any atom is -0.465 e. The van der Waals surface area contributed by atoms with E-state index in [4.69, 9.17) is 0 Å². The maximum Gasteiger partial charge on any atom is 0.416 e.